The van der Waals surface area contributed by atoms with Crippen molar-refractivity contribution in [2.24, 2.45) is 5.92 Å². The van der Waals surface area contributed by atoms with Crippen molar-refractivity contribution >= 4 is 11.7 Å². The minimum absolute atomic E-state index is 0.106. The maximum absolute atomic E-state index is 12.4. The number of hydrogen-bond acceptors (Lipinski definition) is 2. The maximum atomic E-state index is 12.4. The van der Waals surface area contributed by atoms with Crippen LogP contribution in [0.4, 0.5) is 10.5 Å². The first-order valence-corrected chi connectivity index (χ1v) is 9.49. The van der Waals surface area contributed by atoms with Crippen molar-refractivity contribution < 1.29 is 4.79 Å². The third-order valence-corrected chi connectivity index (χ3v) is 5.11. The number of hydrogen-bond donors (Lipinski definition) is 1. The molecule has 0 aromatic heterocycles. The maximum Gasteiger partial charge on any atom is 0.317 e. The molecular formula is C20H33N3O. The van der Waals surface area contributed by atoms with Crippen molar-refractivity contribution in [3.63, 3.8) is 0 Å². The summed E-state index contributed by atoms with van der Waals surface area (Å²) in [6.45, 7) is 10.8. The topological polar surface area (TPSA) is 35.6 Å². The summed E-state index contributed by atoms with van der Waals surface area (Å²) in [5.74, 6) is 0.613. The molecule has 1 aromatic rings. The first kappa shape index (κ1) is 18.6. The molecule has 1 heterocycles. The number of unbranched alkanes of at least 4 members (excludes halogenated alkanes) is 1. The van der Waals surface area contributed by atoms with Gasteiger partial charge in [0.15, 0.2) is 0 Å². The summed E-state index contributed by atoms with van der Waals surface area (Å²) in [5, 5.41) is 3.15. The average molecular weight is 332 g/mol. The molecule has 0 spiro atoms. The van der Waals surface area contributed by atoms with Crippen molar-refractivity contribution in [2.45, 2.75) is 46.5 Å². The quantitative estimate of drug-likeness (QED) is 0.818. The number of amides is 2. The number of anilines is 1. The first-order chi connectivity index (χ1) is 11.7. The summed E-state index contributed by atoms with van der Waals surface area (Å²) in [5.41, 5.74) is 2.60. The van der Waals surface area contributed by atoms with Crippen LogP contribution in [0.5, 0.6) is 0 Å². The third-order valence-electron chi connectivity index (χ3n) is 5.11. The summed E-state index contributed by atoms with van der Waals surface area (Å²) in [4.78, 5) is 16.7. The molecule has 2 rings (SSSR count). The van der Waals surface area contributed by atoms with Crippen LogP contribution in [0.25, 0.3) is 0 Å². The molecule has 0 bridgehead atoms. The van der Waals surface area contributed by atoms with E-state index < -0.39 is 0 Å². The molecule has 1 aromatic carbocycles. The van der Waals surface area contributed by atoms with E-state index >= 15 is 0 Å². The number of para-hydroxylation sites is 1. The molecule has 1 saturated heterocycles. The Morgan fingerprint density at radius 3 is 2.50 bits per heavy atom. The minimum Gasteiger partial charge on any atom is -0.368 e. The standard InChI is InChI=1S/C20H33N3O/c1-4-6-10-18(5-2)16-21-20(24)23-14-12-22(13-15-23)19-11-8-7-9-17(19)3/h7-9,11,18H,4-6,10,12-16H2,1-3H3,(H,21,24). The Morgan fingerprint density at radius 1 is 1.17 bits per heavy atom. The molecule has 1 aliphatic rings. The lowest BCUT2D eigenvalue weighted by atomic mass is 9.99. The van der Waals surface area contributed by atoms with Gasteiger partial charge in [-0.3, -0.25) is 0 Å². The Morgan fingerprint density at radius 2 is 1.88 bits per heavy atom. The average Bonchev–Trinajstić information content (AvgIpc) is 2.62. The normalized spacial score (nSPS) is 16.1. The highest BCUT2D eigenvalue weighted by Gasteiger charge is 2.22. The SMILES string of the molecule is CCCCC(CC)CNC(=O)N1CCN(c2ccccc2C)CC1. The van der Waals surface area contributed by atoms with Crippen LogP contribution in [0, 0.1) is 12.8 Å². The third kappa shape index (κ3) is 5.15. The second kappa shape index (κ2) is 9.55. The molecule has 0 radical (unpaired) electrons. The van der Waals surface area contributed by atoms with Crippen LogP contribution in [0.15, 0.2) is 24.3 Å². The molecule has 134 valence electrons. The van der Waals surface area contributed by atoms with Gasteiger partial charge in [0.1, 0.15) is 0 Å². The van der Waals surface area contributed by atoms with E-state index in [9.17, 15) is 4.79 Å². The number of rotatable bonds is 7. The summed E-state index contributed by atoms with van der Waals surface area (Å²) in [6.07, 6.45) is 4.84. The van der Waals surface area contributed by atoms with Crippen LogP contribution in [-0.4, -0.2) is 43.7 Å². The van der Waals surface area contributed by atoms with Crippen LogP contribution in [-0.2, 0) is 0 Å². The van der Waals surface area contributed by atoms with E-state index in [2.05, 4.69) is 55.3 Å². The van der Waals surface area contributed by atoms with E-state index in [4.69, 9.17) is 0 Å². The molecule has 0 aliphatic carbocycles. The van der Waals surface area contributed by atoms with Crippen LogP contribution in [0.2, 0.25) is 0 Å². The molecular weight excluding hydrogens is 298 g/mol. The van der Waals surface area contributed by atoms with Crippen molar-refractivity contribution in [2.75, 3.05) is 37.6 Å². The Hall–Kier alpha value is -1.71. The predicted octanol–water partition coefficient (Wildman–Crippen LogP) is 4.04. The second-order valence-corrected chi connectivity index (χ2v) is 6.86. The predicted molar refractivity (Wildman–Crippen MR) is 102 cm³/mol. The summed E-state index contributed by atoms with van der Waals surface area (Å²) < 4.78 is 0. The second-order valence-electron chi connectivity index (χ2n) is 6.86. The van der Waals surface area contributed by atoms with E-state index in [0.29, 0.717) is 5.92 Å². The Labute approximate surface area is 147 Å². The smallest absolute Gasteiger partial charge is 0.317 e. The number of piperazine rings is 1. The monoisotopic (exact) mass is 331 g/mol. The fourth-order valence-electron chi connectivity index (χ4n) is 3.36. The number of benzene rings is 1. The van der Waals surface area contributed by atoms with Gasteiger partial charge in [0.25, 0.3) is 0 Å². The molecule has 1 N–H and O–H groups in total. The number of carbonyl (C=O) groups excluding carboxylic acids is 1. The van der Waals surface area contributed by atoms with Crippen molar-refractivity contribution in [3.05, 3.63) is 29.8 Å². The molecule has 4 nitrogen and oxygen atoms in total. The first-order valence-electron chi connectivity index (χ1n) is 9.49. The van der Waals surface area contributed by atoms with Gasteiger partial charge >= 0.3 is 6.03 Å². The number of nitrogens with zero attached hydrogens (tertiary/aromatic N) is 2. The highest BCUT2D eigenvalue weighted by molar-refractivity contribution is 5.74. The zero-order valence-electron chi connectivity index (χ0n) is 15.6. The number of urea groups is 1. The Bertz CT molecular complexity index is 509. The highest BCUT2D eigenvalue weighted by Crippen LogP contribution is 2.20. The zero-order chi connectivity index (χ0) is 17.4. The molecule has 0 saturated carbocycles. The number of carbonyl (C=O) groups is 1. The van der Waals surface area contributed by atoms with Gasteiger partial charge in [-0.05, 0) is 30.9 Å². The minimum atomic E-state index is 0.106. The summed E-state index contributed by atoms with van der Waals surface area (Å²) in [7, 11) is 0. The molecule has 2 amide bonds. The molecule has 4 heteroatoms. The van der Waals surface area contributed by atoms with Gasteiger partial charge in [0.05, 0.1) is 0 Å². The summed E-state index contributed by atoms with van der Waals surface area (Å²) >= 11 is 0. The van der Waals surface area contributed by atoms with Crippen molar-refractivity contribution in [3.8, 4) is 0 Å². The molecule has 1 unspecified atom stereocenters. The molecule has 1 atom stereocenters. The lowest BCUT2D eigenvalue weighted by molar-refractivity contribution is 0.192. The summed E-state index contributed by atoms with van der Waals surface area (Å²) in [6, 6.07) is 8.59. The van der Waals surface area contributed by atoms with E-state index in [-0.39, 0.29) is 6.03 Å². The van der Waals surface area contributed by atoms with Gasteiger partial charge in [-0.25, -0.2) is 4.79 Å². The van der Waals surface area contributed by atoms with Crippen LogP contribution >= 0.6 is 0 Å². The van der Waals surface area contributed by atoms with E-state index in [0.717, 1.165) is 39.1 Å². The molecule has 1 fully saturated rings. The van der Waals surface area contributed by atoms with Gasteiger partial charge < -0.3 is 15.1 Å². The molecule has 1 aliphatic heterocycles. The van der Waals surface area contributed by atoms with E-state index in [1.807, 2.05) is 4.90 Å². The van der Waals surface area contributed by atoms with Crippen LogP contribution < -0.4 is 10.2 Å². The fourth-order valence-corrected chi connectivity index (χ4v) is 3.36. The van der Waals surface area contributed by atoms with Gasteiger partial charge in [0, 0.05) is 38.4 Å². The molecule has 24 heavy (non-hydrogen) atoms. The largest absolute Gasteiger partial charge is 0.368 e. The number of aryl methyl sites for hydroxylation is 1. The van der Waals surface area contributed by atoms with Gasteiger partial charge in [0.2, 0.25) is 0 Å². The zero-order valence-corrected chi connectivity index (χ0v) is 15.6. The lowest BCUT2D eigenvalue weighted by Crippen LogP contribution is -2.52. The Balaban J connectivity index is 1.77. The fraction of sp³-hybridized carbons (Fsp3) is 0.650. The van der Waals surface area contributed by atoms with Crippen LogP contribution in [0.1, 0.15) is 45.1 Å². The van der Waals surface area contributed by atoms with E-state index in [1.54, 1.807) is 0 Å². The highest BCUT2D eigenvalue weighted by atomic mass is 16.2. The number of nitrogens with one attached hydrogen (secondary N) is 1. The van der Waals surface area contributed by atoms with Gasteiger partial charge in [-0.2, -0.15) is 0 Å². The van der Waals surface area contributed by atoms with Crippen LogP contribution in [0.3, 0.4) is 0 Å². The van der Waals surface area contributed by atoms with Gasteiger partial charge in [-0.1, -0.05) is 51.3 Å². The van der Waals surface area contributed by atoms with Crippen molar-refractivity contribution in [1.29, 1.82) is 0 Å². The lowest BCUT2D eigenvalue weighted by Gasteiger charge is -2.37. The van der Waals surface area contributed by atoms with E-state index in [1.165, 1.54) is 30.5 Å². The van der Waals surface area contributed by atoms with Gasteiger partial charge in [-0.15, -0.1) is 0 Å². The Kier molecular flexibility index (Phi) is 7.41. The van der Waals surface area contributed by atoms with Crippen molar-refractivity contribution in [1.82, 2.24) is 10.2 Å².